The quantitative estimate of drug-likeness (QED) is 0.427. The fourth-order valence-corrected chi connectivity index (χ4v) is 2.23. The summed E-state index contributed by atoms with van der Waals surface area (Å²) < 4.78 is 26.8. The molecule has 1 heterocycles. The van der Waals surface area contributed by atoms with Gasteiger partial charge in [-0.05, 0) is 18.2 Å². The van der Waals surface area contributed by atoms with Crippen molar-refractivity contribution in [1.82, 2.24) is 10.2 Å². The van der Waals surface area contributed by atoms with Crippen molar-refractivity contribution in [1.29, 1.82) is 0 Å². The number of anilines is 1. The van der Waals surface area contributed by atoms with Gasteiger partial charge in [-0.15, -0.1) is 0 Å². The minimum Gasteiger partial charge on any atom is -0.393 e. The van der Waals surface area contributed by atoms with Crippen LogP contribution in [0.25, 0.3) is 22.0 Å². The van der Waals surface area contributed by atoms with Gasteiger partial charge in [-0.2, -0.15) is 5.10 Å². The Morgan fingerprint density at radius 1 is 1.13 bits per heavy atom. The first-order valence-electron chi connectivity index (χ1n) is 6.30. The number of hydrogen-bond donors (Lipinski definition) is 2. The van der Waals surface area contributed by atoms with Crippen molar-refractivity contribution in [3.63, 3.8) is 0 Å². The molecule has 0 fully saturated rings. The molecule has 0 saturated carbocycles. The van der Waals surface area contributed by atoms with Crippen LogP contribution in [0.4, 0.5) is 20.2 Å². The summed E-state index contributed by atoms with van der Waals surface area (Å²) in [6.45, 7) is 0. The first-order chi connectivity index (χ1) is 10.9. The van der Waals surface area contributed by atoms with Crippen LogP contribution in [0, 0.1) is 21.7 Å². The van der Waals surface area contributed by atoms with Crippen LogP contribution in [-0.2, 0) is 0 Å². The molecule has 23 heavy (non-hydrogen) atoms. The minimum absolute atomic E-state index is 0.0340. The largest absolute Gasteiger partial charge is 0.393 e. The fourth-order valence-electron chi connectivity index (χ4n) is 2.23. The molecule has 2 aromatic carbocycles. The number of nitro benzene ring substituents is 1. The predicted octanol–water partition coefficient (Wildman–Crippen LogP) is 2.36. The molecule has 3 rings (SSSR count). The lowest BCUT2D eigenvalue weighted by atomic mass is 10.0. The minimum atomic E-state index is -1.18. The molecule has 0 radical (unpaired) electrons. The molecule has 0 atom stereocenters. The average Bonchev–Trinajstić information content (AvgIpc) is 2.50. The van der Waals surface area contributed by atoms with Crippen LogP contribution >= 0.6 is 0 Å². The fraction of sp³-hybridized carbons (Fsp3) is 0. The Bertz CT molecular complexity index is 1020. The number of aromatic nitrogens is 2. The number of nitro groups is 1. The van der Waals surface area contributed by atoms with E-state index in [-0.39, 0.29) is 33.4 Å². The van der Waals surface area contributed by atoms with E-state index < -0.39 is 22.1 Å². The lowest BCUT2D eigenvalue weighted by Gasteiger charge is -2.06. The summed E-state index contributed by atoms with van der Waals surface area (Å²) in [6.07, 6.45) is 0. The third-order valence-corrected chi connectivity index (χ3v) is 3.33. The van der Waals surface area contributed by atoms with Gasteiger partial charge in [0.25, 0.3) is 11.2 Å². The first-order valence-corrected chi connectivity index (χ1v) is 6.30. The van der Waals surface area contributed by atoms with Crippen LogP contribution < -0.4 is 11.3 Å². The topological polar surface area (TPSA) is 115 Å². The van der Waals surface area contributed by atoms with E-state index in [9.17, 15) is 23.7 Å². The number of nitrogens with two attached hydrogens (primary N) is 1. The number of nitrogen functional groups attached to an aromatic ring is 1. The molecule has 0 aliphatic carbocycles. The van der Waals surface area contributed by atoms with E-state index in [0.717, 1.165) is 18.2 Å². The Kier molecular flexibility index (Phi) is 3.25. The zero-order valence-electron chi connectivity index (χ0n) is 11.3. The summed E-state index contributed by atoms with van der Waals surface area (Å²) in [6, 6.07) is 5.46. The smallest absolute Gasteiger partial charge is 0.292 e. The molecule has 0 bridgehead atoms. The lowest BCUT2D eigenvalue weighted by Crippen LogP contribution is -2.10. The SMILES string of the molecule is Nc1ccc(-c2n[nH]c(=O)c3cc(F)c(F)cc23)cc1[N+](=O)[O-]. The molecule has 0 spiro atoms. The van der Waals surface area contributed by atoms with E-state index in [1.54, 1.807) is 0 Å². The highest BCUT2D eigenvalue weighted by molar-refractivity contribution is 5.94. The molecule has 116 valence electrons. The lowest BCUT2D eigenvalue weighted by molar-refractivity contribution is -0.383. The summed E-state index contributed by atoms with van der Waals surface area (Å²) in [5.41, 5.74) is 4.72. The molecule has 3 N–H and O–H groups in total. The Morgan fingerprint density at radius 2 is 1.78 bits per heavy atom. The number of H-pyrrole nitrogens is 1. The summed E-state index contributed by atoms with van der Waals surface area (Å²) in [4.78, 5) is 22.0. The maximum Gasteiger partial charge on any atom is 0.292 e. The van der Waals surface area contributed by atoms with Gasteiger partial charge < -0.3 is 5.73 Å². The third kappa shape index (κ3) is 2.37. The standard InChI is InChI=1S/C14H8F2N4O3/c15-9-4-7-8(5-10(9)16)14(21)19-18-13(7)6-1-2-11(17)12(3-6)20(22)23/h1-5H,17H2,(H,19,21). The van der Waals surface area contributed by atoms with Gasteiger partial charge in [0, 0.05) is 17.0 Å². The van der Waals surface area contributed by atoms with Gasteiger partial charge in [-0.3, -0.25) is 14.9 Å². The van der Waals surface area contributed by atoms with E-state index in [2.05, 4.69) is 10.2 Å². The van der Waals surface area contributed by atoms with Crippen LogP contribution in [-0.4, -0.2) is 15.1 Å². The van der Waals surface area contributed by atoms with Gasteiger partial charge in [0.1, 0.15) is 5.69 Å². The molecule has 0 aliphatic rings. The van der Waals surface area contributed by atoms with Gasteiger partial charge >= 0.3 is 0 Å². The molecule has 9 heteroatoms. The number of rotatable bonds is 2. The summed E-state index contributed by atoms with van der Waals surface area (Å²) in [7, 11) is 0. The molecule has 0 amide bonds. The number of aromatic amines is 1. The average molecular weight is 318 g/mol. The van der Waals surface area contributed by atoms with E-state index >= 15 is 0 Å². The van der Waals surface area contributed by atoms with Gasteiger partial charge in [0.2, 0.25) is 0 Å². The Balaban J connectivity index is 2.35. The molecule has 0 unspecified atom stereocenters. The highest BCUT2D eigenvalue weighted by Gasteiger charge is 2.17. The number of nitrogens with zero attached hydrogens (tertiary/aromatic N) is 2. The predicted molar refractivity (Wildman–Crippen MR) is 78.8 cm³/mol. The number of halogens is 2. The maximum atomic E-state index is 13.5. The van der Waals surface area contributed by atoms with Crippen LogP contribution in [0.5, 0.6) is 0 Å². The van der Waals surface area contributed by atoms with Gasteiger partial charge in [-0.25, -0.2) is 13.9 Å². The zero-order chi connectivity index (χ0) is 16.7. The number of fused-ring (bicyclic) bond motifs is 1. The van der Waals surface area contributed by atoms with E-state index in [1.165, 1.54) is 12.1 Å². The second kappa shape index (κ2) is 5.13. The normalized spacial score (nSPS) is 10.9. The van der Waals surface area contributed by atoms with Crippen molar-refractivity contribution in [3.8, 4) is 11.3 Å². The molecule has 0 saturated heterocycles. The van der Waals surface area contributed by atoms with Crippen molar-refractivity contribution in [2.45, 2.75) is 0 Å². The van der Waals surface area contributed by atoms with Crippen LogP contribution in [0.15, 0.2) is 35.1 Å². The molecule has 0 aliphatic heterocycles. The molecular formula is C14H8F2N4O3. The van der Waals surface area contributed by atoms with Crippen LogP contribution in [0.3, 0.4) is 0 Å². The maximum absolute atomic E-state index is 13.5. The molecule has 7 nitrogen and oxygen atoms in total. The number of nitrogens with one attached hydrogen (secondary N) is 1. The Hall–Kier alpha value is -3.36. The van der Waals surface area contributed by atoms with Gasteiger partial charge in [-0.1, -0.05) is 6.07 Å². The molecule has 1 aromatic heterocycles. The van der Waals surface area contributed by atoms with E-state index in [0.29, 0.717) is 0 Å². The molecule has 3 aromatic rings. The molecular weight excluding hydrogens is 310 g/mol. The van der Waals surface area contributed by atoms with Crippen molar-refractivity contribution < 1.29 is 13.7 Å². The van der Waals surface area contributed by atoms with Gasteiger partial charge in [0.05, 0.1) is 16.0 Å². The highest BCUT2D eigenvalue weighted by Crippen LogP contribution is 2.31. The van der Waals surface area contributed by atoms with Crippen LogP contribution in [0.2, 0.25) is 0 Å². The van der Waals surface area contributed by atoms with Crippen molar-refractivity contribution >= 4 is 22.1 Å². The van der Waals surface area contributed by atoms with Gasteiger partial charge in [0.15, 0.2) is 11.6 Å². The Morgan fingerprint density at radius 3 is 2.43 bits per heavy atom. The monoisotopic (exact) mass is 318 g/mol. The second-order valence-corrected chi connectivity index (χ2v) is 4.74. The summed E-state index contributed by atoms with van der Waals surface area (Å²) >= 11 is 0. The van der Waals surface area contributed by atoms with Crippen molar-refractivity contribution in [2.24, 2.45) is 0 Å². The summed E-state index contributed by atoms with van der Waals surface area (Å²) in [5, 5.41) is 16.8. The first kappa shape index (κ1) is 14.6. The number of benzene rings is 2. The van der Waals surface area contributed by atoms with Crippen molar-refractivity contribution in [3.05, 3.63) is 62.4 Å². The summed E-state index contributed by atoms with van der Waals surface area (Å²) in [5.74, 6) is -2.33. The number of hydrogen-bond acceptors (Lipinski definition) is 5. The Labute approximate surface area is 126 Å². The second-order valence-electron chi connectivity index (χ2n) is 4.74. The van der Waals surface area contributed by atoms with E-state index in [1.807, 2.05) is 0 Å². The zero-order valence-corrected chi connectivity index (χ0v) is 11.3. The van der Waals surface area contributed by atoms with E-state index in [4.69, 9.17) is 5.73 Å². The van der Waals surface area contributed by atoms with Crippen LogP contribution in [0.1, 0.15) is 0 Å². The third-order valence-electron chi connectivity index (χ3n) is 3.33. The highest BCUT2D eigenvalue weighted by atomic mass is 19.2. The van der Waals surface area contributed by atoms with Crippen molar-refractivity contribution in [2.75, 3.05) is 5.73 Å².